The van der Waals surface area contributed by atoms with E-state index in [1.165, 1.54) is 4.72 Å². The second kappa shape index (κ2) is 22.8. The summed E-state index contributed by atoms with van der Waals surface area (Å²) in [7, 11) is -29.1. The lowest BCUT2D eigenvalue weighted by Crippen LogP contribution is -2.71. The first-order valence-electron chi connectivity index (χ1n) is 19.5. The lowest BCUT2D eigenvalue weighted by atomic mass is 9.94. The van der Waals surface area contributed by atoms with Crippen molar-refractivity contribution in [3.63, 3.8) is 0 Å². The van der Waals surface area contributed by atoms with Crippen LogP contribution in [0.4, 0.5) is 0 Å². The van der Waals surface area contributed by atoms with Gasteiger partial charge in [0.05, 0.1) is 13.2 Å². The molecule has 20 atom stereocenters. The third-order valence-corrected chi connectivity index (χ3v) is 12.1. The molecule has 0 aromatic rings. The molecule has 70 heavy (non-hydrogen) atoms. The van der Waals surface area contributed by atoms with Crippen molar-refractivity contribution in [3.8, 4) is 0 Å². The van der Waals surface area contributed by atoms with Crippen molar-refractivity contribution >= 4 is 69.7 Å². The molecule has 4 rings (SSSR count). The topological polar surface area (TPSA) is 610 Å². The van der Waals surface area contributed by atoms with Crippen molar-refractivity contribution in [1.29, 1.82) is 0 Å². The van der Waals surface area contributed by atoms with Crippen molar-refractivity contribution < 1.29 is 173 Å². The number of ether oxygens (including phenoxy) is 7. The molecule has 4 saturated heterocycles. The van der Waals surface area contributed by atoms with E-state index in [4.69, 9.17) is 40.7 Å². The zero-order chi connectivity index (χ0) is 55.4. The number of hydrogen-bond donors (Lipinski definition) is 15. The Morgan fingerprint density at radius 1 is 0.543 bits per heavy atom. The number of amides is 1. The van der Waals surface area contributed by atoms with Crippen LogP contribution in [0, 0.1) is 0 Å². The maximum Gasteiger partial charge on any atom is 0.397 e. The molecule has 0 aliphatic carbocycles. The van der Waals surface area contributed by atoms with Gasteiger partial charge in [0.25, 0.3) is 0 Å². The molecule has 0 bridgehead atoms. The Morgan fingerprint density at radius 2 is 1.01 bits per heavy atom. The summed E-state index contributed by atoms with van der Waals surface area (Å²) in [6.45, 7) is -2.24. The van der Waals surface area contributed by atoms with Crippen LogP contribution < -0.4 is 10.0 Å². The third kappa shape index (κ3) is 16.1. The van der Waals surface area contributed by atoms with E-state index in [1.54, 1.807) is 0 Å². The van der Waals surface area contributed by atoms with E-state index < -0.39 is 206 Å². The van der Waals surface area contributed by atoms with Crippen LogP contribution in [-0.4, -0.2) is 259 Å². The lowest BCUT2D eigenvalue weighted by molar-refractivity contribution is -0.366. The van der Waals surface area contributed by atoms with E-state index in [9.17, 15) is 116 Å². The molecule has 4 aliphatic rings. The van der Waals surface area contributed by atoms with Crippen LogP contribution in [0.3, 0.4) is 0 Å². The van der Waals surface area contributed by atoms with Crippen LogP contribution in [-0.2, 0) is 116 Å². The first-order chi connectivity index (χ1) is 32.8. The standard InChI is InChI=1S/C26H42N2O37S5.H2/c1-4(30)27-7-9(31)13(6(56-23(7)39)3-55-67(43,44)45)58-26-19(65-70(52,53)54)12(34)16(20(62-26)22(37)38)60-24-8(28-66(40,41)42)15(63-68(46,47)48)14(5(2-29)57-24)59-25-18(64-69(49,50)51)11(33)10(32)17(61-25)21(35)36;/h5-20,23-26,28-29,31-34,39H,2-3H2,1H3,(H,27,30)(H,35,36)(H,37,38)(H,40,41,42)(H,43,44,45)(H,46,47,48)(H,49,50,51)(H,52,53,54);1H/t5-,6+,7-,8-,9-,10-,11-,12+,13-,14-,15-,16+,17-,18+,19-,20+,23-,24+,25+,26-;/m1./s1/i;1+2T. The average molecular weight is 1140 g/mol. The maximum atomic E-state index is 12.7. The van der Waals surface area contributed by atoms with Gasteiger partial charge in [0.2, 0.25) is 5.91 Å². The number of carbonyl (C=O) groups excluding carboxylic acids is 1. The smallest absolute Gasteiger partial charge is 0.397 e. The van der Waals surface area contributed by atoms with Gasteiger partial charge in [0.15, 0.2) is 49.6 Å². The molecule has 0 aromatic heterocycles. The van der Waals surface area contributed by atoms with Crippen LogP contribution >= 0.6 is 0 Å². The summed E-state index contributed by atoms with van der Waals surface area (Å²) < 4.78 is 232. The zero-order valence-corrected chi connectivity index (χ0v) is 38.2. The van der Waals surface area contributed by atoms with Crippen molar-refractivity contribution in [2.75, 3.05) is 13.2 Å². The second-order valence-corrected chi connectivity index (χ2v) is 20.0. The highest BCUT2D eigenvalue weighted by Crippen LogP contribution is 2.37. The first kappa shape index (κ1) is 58.1. The number of nitrogens with one attached hydrogen (secondary N) is 2. The molecule has 0 aromatic carbocycles. The van der Waals surface area contributed by atoms with Crippen LogP contribution in [0.1, 0.15) is 9.89 Å². The Hall–Kier alpha value is -2.76. The molecular formula is C26H44N2O37S5. The highest BCUT2D eigenvalue weighted by atomic mass is 32.3. The highest BCUT2D eigenvalue weighted by molar-refractivity contribution is 7.83. The van der Waals surface area contributed by atoms with Gasteiger partial charge in [-0.25, -0.2) is 26.3 Å². The van der Waals surface area contributed by atoms with Crippen molar-refractivity contribution in [1.82, 2.24) is 10.0 Å². The molecule has 410 valence electrons. The minimum atomic E-state index is -6.09. The van der Waals surface area contributed by atoms with Gasteiger partial charge in [-0.1, -0.05) is 0 Å². The molecule has 4 fully saturated rings. The first-order valence-corrected chi connectivity index (χ1v) is 25.4. The van der Waals surface area contributed by atoms with Gasteiger partial charge >= 0.3 is 63.8 Å². The van der Waals surface area contributed by atoms with Gasteiger partial charge in [-0.2, -0.15) is 46.8 Å². The van der Waals surface area contributed by atoms with Gasteiger partial charge < -0.3 is 79.3 Å². The van der Waals surface area contributed by atoms with Gasteiger partial charge in [-0.15, -0.1) is 0 Å². The zero-order valence-electron chi connectivity index (χ0n) is 36.1. The Kier molecular flexibility index (Phi) is 18.9. The molecular weight excluding hydrogens is 1090 g/mol. The summed E-state index contributed by atoms with van der Waals surface area (Å²) in [5.41, 5.74) is 0. The predicted octanol–water partition coefficient (Wildman–Crippen LogP) is -10.5. The Labute approximate surface area is 394 Å². The Bertz CT molecular complexity index is 2460. The number of aliphatic hydroxyl groups excluding tert-OH is 6. The molecule has 39 nitrogen and oxygen atoms in total. The minimum absolute atomic E-state index is 0.840. The highest BCUT2D eigenvalue weighted by Gasteiger charge is 2.60. The van der Waals surface area contributed by atoms with Crippen molar-refractivity contribution in [2.24, 2.45) is 0 Å². The van der Waals surface area contributed by atoms with Crippen LogP contribution in [0.15, 0.2) is 0 Å². The van der Waals surface area contributed by atoms with Crippen LogP contribution in [0.2, 0.25) is 0 Å². The summed E-state index contributed by atoms with van der Waals surface area (Å²) in [6.07, 6.45) is -49.1. The lowest BCUT2D eigenvalue weighted by Gasteiger charge is -2.50. The quantitative estimate of drug-likeness (QED) is 0.0475. The molecule has 0 radical (unpaired) electrons. The van der Waals surface area contributed by atoms with E-state index >= 15 is 0 Å². The fraction of sp³-hybridized carbons (Fsp3) is 0.885. The molecule has 0 unspecified atom stereocenters. The largest absolute Gasteiger partial charge is 0.479 e. The molecule has 15 N–H and O–H groups in total. The van der Waals surface area contributed by atoms with E-state index in [2.05, 4.69) is 16.7 Å². The summed E-state index contributed by atoms with van der Waals surface area (Å²) in [5, 5.41) is 86.0. The van der Waals surface area contributed by atoms with Crippen LogP contribution in [0.5, 0.6) is 0 Å². The van der Waals surface area contributed by atoms with E-state index in [0.717, 1.165) is 6.92 Å². The normalized spacial score (nSPS) is 39.3. The van der Waals surface area contributed by atoms with Gasteiger partial charge in [-0.3, -0.25) is 27.6 Å². The van der Waals surface area contributed by atoms with Crippen LogP contribution in [0.25, 0.3) is 0 Å². The monoisotopic (exact) mass is 1140 g/mol. The predicted molar refractivity (Wildman–Crippen MR) is 203 cm³/mol. The van der Waals surface area contributed by atoms with E-state index in [1.807, 2.05) is 5.32 Å². The average Bonchev–Trinajstić information content (AvgIpc) is 3.21. The summed E-state index contributed by atoms with van der Waals surface area (Å²) in [5.74, 6) is -5.49. The molecule has 0 saturated carbocycles. The molecule has 4 aliphatic heterocycles. The number of carbonyl (C=O) groups is 3. The van der Waals surface area contributed by atoms with E-state index in [-0.39, 0.29) is 0 Å². The van der Waals surface area contributed by atoms with Gasteiger partial charge in [0, 0.05) is 9.89 Å². The fourth-order valence-electron chi connectivity index (χ4n) is 7.05. The SMILES string of the molecule is CC(=O)N[C@@H]1[C@@H](O)[C@H](O[C@@H]2O[C@H](C(=O)O)[C@@H](O[C@@H]3O[C@H](CO)[C@@H](O[C@H]4O[C@@H](C(=O)O)[C@H](O)[C@@H](O)[C@@H]4OS(=O)(=O)O)[C@H](OS(=O)(=O)O)[C@H]3NS(=O)(=O)O)[C@H](O)[C@H]2OS(=O)(=O)O)[C@H](COS(=O)(=O)O)O[C@H]1O.[3H][3H]. The van der Waals surface area contributed by atoms with Gasteiger partial charge in [-0.05, 0) is 0 Å². The molecule has 1 amide bonds. The van der Waals surface area contributed by atoms with Gasteiger partial charge in [0.1, 0.15) is 73.1 Å². The summed E-state index contributed by atoms with van der Waals surface area (Å²) in [6, 6.07) is -4.96. The van der Waals surface area contributed by atoms with Crippen molar-refractivity contribution in [2.45, 2.75) is 130 Å². The third-order valence-electron chi connectivity index (χ3n) is 9.68. The Morgan fingerprint density at radius 3 is 1.47 bits per heavy atom. The number of carboxylic acids is 2. The number of hydrogen-bond acceptors (Lipinski definition) is 30. The fourth-order valence-corrected chi connectivity index (χ4v) is 9.43. The summed E-state index contributed by atoms with van der Waals surface area (Å²) >= 11 is 0. The van der Waals surface area contributed by atoms with Crippen molar-refractivity contribution in [3.05, 3.63) is 0 Å². The van der Waals surface area contributed by atoms with E-state index in [0.29, 0.717) is 0 Å². The molecule has 44 heteroatoms. The number of aliphatic hydroxyl groups is 6. The number of aliphatic carboxylic acids is 2. The Balaban J connectivity index is 0.00000676. The molecule has 4 heterocycles. The number of carboxylic acid groups (broad SMARTS) is 2. The number of rotatable bonds is 21. The minimum Gasteiger partial charge on any atom is -0.479 e. The summed E-state index contributed by atoms with van der Waals surface area (Å²) in [4.78, 5) is 36.4. The molecule has 0 spiro atoms. The maximum absolute atomic E-state index is 12.7. The second-order valence-electron chi connectivity index (χ2n) is 14.6.